The monoisotopic (exact) mass is 396 g/mol. The van der Waals surface area contributed by atoms with Crippen LogP contribution >= 0.6 is 0 Å². The smallest absolute Gasteiger partial charge is 0.192 e. The molecule has 1 aliphatic rings. The Morgan fingerprint density at radius 2 is 2.00 bits per heavy atom. The first-order valence-electron chi connectivity index (χ1n) is 9.98. The van der Waals surface area contributed by atoms with Crippen LogP contribution in [-0.4, -0.2) is 32.7 Å². The number of guanidine groups is 1. The lowest BCUT2D eigenvalue weighted by molar-refractivity contribution is 0.386. The molecule has 2 aromatic carbocycles. The first kappa shape index (κ1) is 20.7. The molecule has 0 spiro atoms. The topological polar surface area (TPSA) is 48.9 Å². The minimum absolute atomic E-state index is 0.102. The van der Waals surface area contributed by atoms with Crippen LogP contribution in [0.4, 0.5) is 10.1 Å². The standard InChI is InChI=1S/C23H29FN4O/c1-4-25-23(27-17(2)19-10-11-22(29-3)21(24)15-19)26-16-18-8-7-9-20(14-18)28-12-5-6-13-28/h5-11,14-15,17H,4,12-13,16H2,1-3H3,(H2,25,26,27). The Labute approximate surface area is 172 Å². The molecule has 0 fully saturated rings. The molecule has 1 unspecified atom stereocenters. The fourth-order valence-electron chi connectivity index (χ4n) is 3.27. The Morgan fingerprint density at radius 1 is 1.21 bits per heavy atom. The summed E-state index contributed by atoms with van der Waals surface area (Å²) in [6.07, 6.45) is 4.36. The van der Waals surface area contributed by atoms with Gasteiger partial charge in [0.15, 0.2) is 17.5 Å². The van der Waals surface area contributed by atoms with Gasteiger partial charge in [0.25, 0.3) is 0 Å². The number of anilines is 1. The number of halogens is 1. The first-order valence-corrected chi connectivity index (χ1v) is 9.98. The normalized spacial score (nSPS) is 14.8. The van der Waals surface area contributed by atoms with Gasteiger partial charge < -0.3 is 20.3 Å². The highest BCUT2D eigenvalue weighted by atomic mass is 19.1. The highest BCUT2D eigenvalue weighted by Crippen LogP contribution is 2.22. The highest BCUT2D eigenvalue weighted by Gasteiger charge is 2.12. The Balaban J connectivity index is 1.68. The summed E-state index contributed by atoms with van der Waals surface area (Å²) in [5, 5.41) is 6.61. The van der Waals surface area contributed by atoms with E-state index in [-0.39, 0.29) is 17.6 Å². The molecule has 0 saturated carbocycles. The van der Waals surface area contributed by atoms with Crippen LogP contribution in [0.15, 0.2) is 59.6 Å². The average molecular weight is 397 g/mol. The van der Waals surface area contributed by atoms with Gasteiger partial charge in [0.1, 0.15) is 0 Å². The van der Waals surface area contributed by atoms with Crippen LogP contribution in [0.25, 0.3) is 0 Å². The number of rotatable bonds is 7. The van der Waals surface area contributed by atoms with Gasteiger partial charge in [-0.3, -0.25) is 0 Å². The molecule has 154 valence electrons. The lowest BCUT2D eigenvalue weighted by Crippen LogP contribution is -2.38. The van der Waals surface area contributed by atoms with Crippen molar-refractivity contribution in [2.75, 3.05) is 31.6 Å². The molecule has 2 N–H and O–H groups in total. The molecule has 1 aliphatic heterocycles. The number of ether oxygens (including phenoxy) is 1. The second kappa shape index (κ2) is 9.96. The van der Waals surface area contributed by atoms with E-state index in [9.17, 15) is 4.39 Å². The average Bonchev–Trinajstić information content (AvgIpc) is 3.27. The third-order valence-corrected chi connectivity index (χ3v) is 4.89. The predicted octanol–water partition coefficient (Wildman–Crippen LogP) is 4.03. The molecule has 0 amide bonds. The third-order valence-electron chi connectivity index (χ3n) is 4.89. The number of aliphatic imine (C=N–C) groups is 1. The summed E-state index contributed by atoms with van der Waals surface area (Å²) >= 11 is 0. The zero-order valence-corrected chi connectivity index (χ0v) is 17.3. The number of methoxy groups -OCH3 is 1. The van der Waals surface area contributed by atoms with Crippen LogP contribution in [0, 0.1) is 5.82 Å². The van der Waals surface area contributed by atoms with E-state index in [4.69, 9.17) is 9.73 Å². The molecular weight excluding hydrogens is 367 g/mol. The van der Waals surface area contributed by atoms with E-state index >= 15 is 0 Å². The van der Waals surface area contributed by atoms with Crippen LogP contribution in [0.3, 0.4) is 0 Å². The van der Waals surface area contributed by atoms with Crippen LogP contribution in [0.2, 0.25) is 0 Å². The van der Waals surface area contributed by atoms with E-state index in [2.05, 4.69) is 52.0 Å². The van der Waals surface area contributed by atoms with E-state index < -0.39 is 0 Å². The lowest BCUT2D eigenvalue weighted by Gasteiger charge is -2.19. The zero-order chi connectivity index (χ0) is 20.6. The summed E-state index contributed by atoms with van der Waals surface area (Å²) in [6.45, 7) is 7.22. The van der Waals surface area contributed by atoms with Crippen LogP contribution in [0.1, 0.15) is 31.0 Å². The van der Waals surface area contributed by atoms with Crippen LogP contribution in [-0.2, 0) is 6.54 Å². The summed E-state index contributed by atoms with van der Waals surface area (Å²) in [5.41, 5.74) is 3.19. The van der Waals surface area contributed by atoms with E-state index in [0.29, 0.717) is 12.5 Å². The van der Waals surface area contributed by atoms with E-state index in [1.807, 2.05) is 19.9 Å². The van der Waals surface area contributed by atoms with Gasteiger partial charge in [-0.2, -0.15) is 0 Å². The van der Waals surface area contributed by atoms with Gasteiger partial charge in [-0.1, -0.05) is 30.4 Å². The molecule has 1 atom stereocenters. The van der Waals surface area contributed by atoms with Crippen molar-refractivity contribution in [1.82, 2.24) is 10.6 Å². The van der Waals surface area contributed by atoms with Crippen molar-refractivity contribution in [2.24, 2.45) is 4.99 Å². The maximum atomic E-state index is 14.0. The first-order chi connectivity index (χ1) is 14.1. The minimum atomic E-state index is -0.367. The summed E-state index contributed by atoms with van der Waals surface area (Å²) < 4.78 is 19.0. The number of hydrogen-bond acceptors (Lipinski definition) is 3. The Morgan fingerprint density at radius 3 is 2.69 bits per heavy atom. The van der Waals surface area contributed by atoms with Crippen molar-refractivity contribution in [3.05, 3.63) is 71.6 Å². The molecule has 5 nitrogen and oxygen atoms in total. The van der Waals surface area contributed by atoms with E-state index in [1.54, 1.807) is 6.07 Å². The number of benzene rings is 2. The molecule has 3 rings (SSSR count). The minimum Gasteiger partial charge on any atom is -0.494 e. The molecule has 29 heavy (non-hydrogen) atoms. The van der Waals surface area contributed by atoms with Gasteiger partial charge in [0.05, 0.1) is 19.7 Å². The van der Waals surface area contributed by atoms with Crippen molar-refractivity contribution >= 4 is 11.6 Å². The molecule has 6 heteroatoms. The largest absolute Gasteiger partial charge is 0.494 e. The van der Waals surface area contributed by atoms with Crippen LogP contribution < -0.4 is 20.3 Å². The van der Waals surface area contributed by atoms with Crippen molar-refractivity contribution in [3.63, 3.8) is 0 Å². The fourth-order valence-corrected chi connectivity index (χ4v) is 3.27. The molecule has 2 aromatic rings. The van der Waals surface area contributed by atoms with Crippen molar-refractivity contribution in [1.29, 1.82) is 0 Å². The maximum Gasteiger partial charge on any atom is 0.192 e. The summed E-state index contributed by atoms with van der Waals surface area (Å²) in [4.78, 5) is 7.03. The van der Waals surface area contributed by atoms with Gasteiger partial charge in [-0.25, -0.2) is 9.38 Å². The fraction of sp³-hybridized carbons (Fsp3) is 0.348. The molecule has 0 aromatic heterocycles. The van der Waals surface area contributed by atoms with Gasteiger partial charge in [-0.05, 0) is 49.2 Å². The highest BCUT2D eigenvalue weighted by molar-refractivity contribution is 5.80. The quantitative estimate of drug-likeness (QED) is 0.422. The maximum absolute atomic E-state index is 14.0. The Hall–Kier alpha value is -3.02. The number of nitrogens with one attached hydrogen (secondary N) is 2. The van der Waals surface area contributed by atoms with Crippen LogP contribution in [0.5, 0.6) is 5.75 Å². The number of hydrogen-bond donors (Lipinski definition) is 2. The molecule has 0 bridgehead atoms. The van der Waals surface area contributed by atoms with Gasteiger partial charge in [0, 0.05) is 25.3 Å². The molecular formula is C23H29FN4O. The SMILES string of the molecule is CCNC(=NCc1cccc(N2CC=CC2)c1)NC(C)c1ccc(OC)c(F)c1. The van der Waals surface area contributed by atoms with Crippen molar-refractivity contribution in [3.8, 4) is 5.75 Å². The van der Waals surface area contributed by atoms with E-state index in [0.717, 1.165) is 30.8 Å². The number of nitrogens with zero attached hydrogens (tertiary/aromatic N) is 2. The summed E-state index contributed by atoms with van der Waals surface area (Å²) in [5.74, 6) is 0.577. The molecule has 0 saturated heterocycles. The summed E-state index contributed by atoms with van der Waals surface area (Å²) in [6, 6.07) is 13.4. The Bertz CT molecular complexity index is 873. The van der Waals surface area contributed by atoms with E-state index in [1.165, 1.54) is 18.9 Å². The van der Waals surface area contributed by atoms with Gasteiger partial charge in [0.2, 0.25) is 0 Å². The third kappa shape index (κ3) is 5.50. The molecule has 0 radical (unpaired) electrons. The van der Waals surface area contributed by atoms with Crippen molar-refractivity contribution in [2.45, 2.75) is 26.4 Å². The molecule has 0 aliphatic carbocycles. The predicted molar refractivity (Wildman–Crippen MR) is 117 cm³/mol. The summed E-state index contributed by atoms with van der Waals surface area (Å²) in [7, 11) is 1.46. The zero-order valence-electron chi connectivity index (χ0n) is 17.3. The second-order valence-corrected chi connectivity index (χ2v) is 7.00. The lowest BCUT2D eigenvalue weighted by atomic mass is 10.1. The molecule has 1 heterocycles. The second-order valence-electron chi connectivity index (χ2n) is 7.00. The van der Waals surface area contributed by atoms with Crippen molar-refractivity contribution < 1.29 is 9.13 Å². The van der Waals surface area contributed by atoms with Gasteiger partial charge >= 0.3 is 0 Å². The Kier molecular flexibility index (Phi) is 7.11. The van der Waals surface area contributed by atoms with Gasteiger partial charge in [-0.15, -0.1) is 0 Å².